The van der Waals surface area contributed by atoms with Gasteiger partial charge in [0.05, 0.1) is 5.52 Å². The lowest BCUT2D eigenvalue weighted by atomic mass is 10.2. The molecular weight excluding hydrogens is 238 g/mol. The van der Waals surface area contributed by atoms with Crippen LogP contribution in [0, 0.1) is 0 Å². The molecule has 0 aliphatic carbocycles. The number of fused-ring (bicyclic) bond motifs is 1. The summed E-state index contributed by atoms with van der Waals surface area (Å²) in [4.78, 5) is 14.4. The number of aromatic amines is 1. The Morgan fingerprint density at radius 3 is 3.12 bits per heavy atom. The Morgan fingerprint density at radius 2 is 2.35 bits per heavy atom. The predicted octanol–water partition coefficient (Wildman–Crippen LogP) is 1.18. The first-order valence-corrected chi connectivity index (χ1v) is 5.63. The van der Waals surface area contributed by atoms with Crippen molar-refractivity contribution in [3.63, 3.8) is 0 Å². The summed E-state index contributed by atoms with van der Waals surface area (Å²) in [7, 11) is 0. The van der Waals surface area contributed by atoms with Gasteiger partial charge < -0.3 is 15.2 Å². The summed E-state index contributed by atoms with van der Waals surface area (Å²) in [5, 5.41) is 3.37. The van der Waals surface area contributed by atoms with Gasteiger partial charge in [0.25, 0.3) is 0 Å². The lowest BCUT2D eigenvalue weighted by Gasteiger charge is -2.33. The van der Waals surface area contributed by atoms with Gasteiger partial charge in [0.2, 0.25) is 5.95 Å². The van der Waals surface area contributed by atoms with Crippen molar-refractivity contribution in [2.75, 3.05) is 24.5 Å². The summed E-state index contributed by atoms with van der Waals surface area (Å²) in [6, 6.07) is 4.39. The number of anilines is 1. The Morgan fingerprint density at radius 1 is 1.47 bits per heavy atom. The number of hydrogen-bond donors (Lipinski definition) is 2. The summed E-state index contributed by atoms with van der Waals surface area (Å²) in [5.74, 6) is 0.933. The molecule has 0 bridgehead atoms. The lowest BCUT2D eigenvalue weighted by molar-refractivity contribution is 0.494. The Labute approximate surface area is 106 Å². The molecule has 1 aliphatic heterocycles. The predicted molar refractivity (Wildman–Crippen MR) is 70.8 cm³/mol. The van der Waals surface area contributed by atoms with Gasteiger partial charge in [-0.3, -0.25) is 0 Å². The molecule has 2 N–H and O–H groups in total. The molecule has 2 aromatic rings. The number of H-pyrrole nitrogens is 1. The SMILES string of the molecule is CC1CNCCN1c1nc2ncccc2[nH]1.Cl. The van der Waals surface area contributed by atoms with Gasteiger partial charge >= 0.3 is 0 Å². The van der Waals surface area contributed by atoms with E-state index in [1.54, 1.807) is 6.20 Å². The number of imidazole rings is 1. The van der Waals surface area contributed by atoms with E-state index in [1.807, 2.05) is 12.1 Å². The fourth-order valence-electron chi connectivity index (χ4n) is 2.12. The van der Waals surface area contributed by atoms with Crippen molar-refractivity contribution >= 4 is 29.5 Å². The third-order valence-corrected chi connectivity index (χ3v) is 3.02. The van der Waals surface area contributed by atoms with E-state index in [9.17, 15) is 0 Å². The summed E-state index contributed by atoms with van der Waals surface area (Å²) in [6.45, 7) is 5.20. The molecular formula is C11H16ClN5. The van der Waals surface area contributed by atoms with Crippen molar-refractivity contribution in [3.05, 3.63) is 18.3 Å². The lowest BCUT2D eigenvalue weighted by Crippen LogP contribution is -2.50. The van der Waals surface area contributed by atoms with Gasteiger partial charge in [-0.1, -0.05) is 0 Å². The van der Waals surface area contributed by atoms with E-state index in [2.05, 4.69) is 32.1 Å². The van der Waals surface area contributed by atoms with E-state index in [1.165, 1.54) is 0 Å². The minimum absolute atomic E-state index is 0. The quantitative estimate of drug-likeness (QED) is 0.801. The van der Waals surface area contributed by atoms with Gasteiger partial charge in [0, 0.05) is 31.9 Å². The third-order valence-electron chi connectivity index (χ3n) is 3.02. The van der Waals surface area contributed by atoms with Crippen LogP contribution in [0.4, 0.5) is 5.95 Å². The number of nitrogens with one attached hydrogen (secondary N) is 2. The zero-order valence-corrected chi connectivity index (χ0v) is 10.5. The molecule has 0 aromatic carbocycles. The van der Waals surface area contributed by atoms with Crippen molar-refractivity contribution < 1.29 is 0 Å². The highest BCUT2D eigenvalue weighted by Crippen LogP contribution is 2.17. The number of halogens is 1. The summed E-state index contributed by atoms with van der Waals surface area (Å²) >= 11 is 0. The average molecular weight is 254 g/mol. The molecule has 0 amide bonds. The van der Waals surface area contributed by atoms with Crippen molar-refractivity contribution in [2.24, 2.45) is 0 Å². The molecule has 0 saturated carbocycles. The maximum atomic E-state index is 4.52. The summed E-state index contributed by atoms with van der Waals surface area (Å²) in [5.41, 5.74) is 1.80. The fourth-order valence-corrected chi connectivity index (χ4v) is 2.12. The normalized spacial score (nSPS) is 20.3. The van der Waals surface area contributed by atoms with Gasteiger partial charge in [0.1, 0.15) is 0 Å². The van der Waals surface area contributed by atoms with E-state index in [4.69, 9.17) is 0 Å². The Balaban J connectivity index is 0.00000108. The van der Waals surface area contributed by atoms with Crippen molar-refractivity contribution in [2.45, 2.75) is 13.0 Å². The zero-order valence-electron chi connectivity index (χ0n) is 9.68. The maximum Gasteiger partial charge on any atom is 0.205 e. The molecule has 0 radical (unpaired) electrons. The molecule has 1 aliphatic rings. The van der Waals surface area contributed by atoms with Crippen LogP contribution in [-0.2, 0) is 0 Å². The molecule has 6 heteroatoms. The van der Waals surface area contributed by atoms with Crippen LogP contribution in [0.25, 0.3) is 11.2 Å². The molecule has 17 heavy (non-hydrogen) atoms. The fraction of sp³-hybridized carbons (Fsp3) is 0.455. The van der Waals surface area contributed by atoms with Crippen LogP contribution in [-0.4, -0.2) is 40.6 Å². The molecule has 92 valence electrons. The van der Waals surface area contributed by atoms with Crippen LogP contribution in [0.2, 0.25) is 0 Å². The zero-order chi connectivity index (χ0) is 11.0. The third kappa shape index (κ3) is 2.21. The van der Waals surface area contributed by atoms with Crippen molar-refractivity contribution in [1.82, 2.24) is 20.3 Å². The molecule has 1 fully saturated rings. The second kappa shape index (κ2) is 4.89. The van der Waals surface area contributed by atoms with Crippen LogP contribution in [0.5, 0.6) is 0 Å². The molecule has 1 saturated heterocycles. The monoisotopic (exact) mass is 253 g/mol. The van der Waals surface area contributed by atoms with Crippen LogP contribution < -0.4 is 10.2 Å². The summed E-state index contributed by atoms with van der Waals surface area (Å²) in [6.07, 6.45) is 1.77. The molecule has 1 atom stereocenters. The minimum Gasteiger partial charge on any atom is -0.337 e. The number of hydrogen-bond acceptors (Lipinski definition) is 4. The van der Waals surface area contributed by atoms with E-state index >= 15 is 0 Å². The first-order valence-electron chi connectivity index (χ1n) is 5.63. The van der Waals surface area contributed by atoms with E-state index in [0.29, 0.717) is 6.04 Å². The first-order chi connectivity index (χ1) is 7.84. The number of piperazine rings is 1. The molecule has 1 unspecified atom stereocenters. The van der Waals surface area contributed by atoms with Gasteiger partial charge in [-0.15, -0.1) is 12.4 Å². The molecule has 0 spiro atoms. The van der Waals surface area contributed by atoms with Gasteiger partial charge in [-0.25, -0.2) is 4.98 Å². The minimum atomic E-state index is 0. The smallest absolute Gasteiger partial charge is 0.205 e. The number of aromatic nitrogens is 3. The second-order valence-electron chi connectivity index (χ2n) is 4.18. The number of nitrogens with zero attached hydrogens (tertiary/aromatic N) is 3. The standard InChI is InChI=1S/C11H15N5.ClH/c1-8-7-12-5-6-16(8)11-14-9-3-2-4-13-10(9)15-11;/h2-4,8,12H,5-7H2,1H3,(H,13,14,15);1H. The largest absolute Gasteiger partial charge is 0.337 e. The number of pyridine rings is 1. The first kappa shape index (κ1) is 12.1. The molecule has 3 heterocycles. The van der Waals surface area contributed by atoms with Gasteiger partial charge in [0.15, 0.2) is 5.65 Å². The second-order valence-corrected chi connectivity index (χ2v) is 4.18. The molecule has 5 nitrogen and oxygen atoms in total. The average Bonchev–Trinajstić information content (AvgIpc) is 2.73. The highest BCUT2D eigenvalue weighted by molar-refractivity contribution is 5.85. The molecule has 3 rings (SSSR count). The highest BCUT2D eigenvalue weighted by Gasteiger charge is 2.20. The van der Waals surface area contributed by atoms with Crippen LogP contribution in [0.1, 0.15) is 6.92 Å². The topological polar surface area (TPSA) is 56.8 Å². The van der Waals surface area contributed by atoms with E-state index < -0.39 is 0 Å². The highest BCUT2D eigenvalue weighted by atomic mass is 35.5. The van der Waals surface area contributed by atoms with Gasteiger partial charge in [-0.05, 0) is 19.1 Å². The van der Waals surface area contributed by atoms with Gasteiger partial charge in [-0.2, -0.15) is 4.98 Å². The van der Waals surface area contributed by atoms with Crippen LogP contribution in [0.15, 0.2) is 18.3 Å². The Kier molecular flexibility index (Phi) is 3.49. The maximum absolute atomic E-state index is 4.52. The summed E-state index contributed by atoms with van der Waals surface area (Å²) < 4.78 is 0. The number of rotatable bonds is 1. The molecule has 2 aromatic heterocycles. The Bertz CT molecular complexity index is 464. The van der Waals surface area contributed by atoms with E-state index in [0.717, 1.165) is 36.7 Å². The van der Waals surface area contributed by atoms with Crippen LogP contribution >= 0.6 is 12.4 Å². The van der Waals surface area contributed by atoms with Crippen molar-refractivity contribution in [3.8, 4) is 0 Å². The van der Waals surface area contributed by atoms with E-state index in [-0.39, 0.29) is 12.4 Å². The van der Waals surface area contributed by atoms with Crippen molar-refractivity contribution in [1.29, 1.82) is 0 Å². The Hall–Kier alpha value is -1.33. The van der Waals surface area contributed by atoms with Crippen LogP contribution in [0.3, 0.4) is 0 Å².